The van der Waals surface area contributed by atoms with Crippen LogP contribution in [0.15, 0.2) is 73.7 Å². The van der Waals surface area contributed by atoms with E-state index in [0.29, 0.717) is 16.6 Å². The maximum Gasteiger partial charge on any atom is 0.271 e. The van der Waals surface area contributed by atoms with Crippen LogP contribution in [0.5, 0.6) is 5.75 Å². The summed E-state index contributed by atoms with van der Waals surface area (Å²) < 4.78 is 27.1. The summed E-state index contributed by atoms with van der Waals surface area (Å²) in [6.07, 6.45) is 2.17. The Morgan fingerprint density at radius 1 is 1.07 bits per heavy atom. The van der Waals surface area contributed by atoms with Gasteiger partial charge in [0.25, 0.3) is 5.56 Å². The molecule has 1 heterocycles. The van der Waals surface area contributed by atoms with Gasteiger partial charge in [0, 0.05) is 22.9 Å². The molecule has 0 aliphatic rings. The van der Waals surface area contributed by atoms with Gasteiger partial charge in [0.15, 0.2) is 10.6 Å². The van der Waals surface area contributed by atoms with E-state index in [-0.39, 0.29) is 10.6 Å². The molecule has 2 aromatic carbocycles. The fraction of sp³-hybridized carbons (Fsp3) is 0.227. The summed E-state index contributed by atoms with van der Waals surface area (Å²) in [6, 6.07) is 15.2. The number of hydrogen-bond acceptors (Lipinski definition) is 5. The maximum atomic E-state index is 13.2. The molecule has 8 heteroatoms. The first-order valence-electron chi connectivity index (χ1n) is 9.55. The summed E-state index contributed by atoms with van der Waals surface area (Å²) in [4.78, 5) is 16.5. The fourth-order valence-electron chi connectivity index (χ4n) is 3.27. The Morgan fingerprint density at radius 2 is 1.70 bits per heavy atom. The van der Waals surface area contributed by atoms with Gasteiger partial charge in [-0.1, -0.05) is 47.5 Å². The van der Waals surface area contributed by atoms with Gasteiger partial charge in [0.2, 0.25) is 9.84 Å². The summed E-state index contributed by atoms with van der Waals surface area (Å²) in [5.41, 5.74) is 0.710. The molecule has 0 fully saturated rings. The summed E-state index contributed by atoms with van der Waals surface area (Å²) in [5.74, 6) is -0.542. The molecule has 158 valence electrons. The van der Waals surface area contributed by atoms with Gasteiger partial charge in [-0.15, -0.1) is 0 Å². The number of nitrogens with one attached hydrogen (secondary N) is 1. The summed E-state index contributed by atoms with van der Waals surface area (Å²) in [7, 11) is -2.50. The first kappa shape index (κ1) is 22.1. The number of anilines is 2. The first-order valence-corrected chi connectivity index (χ1v) is 11.8. The number of hydrogen-bond donors (Lipinski definition) is 2. The van der Waals surface area contributed by atoms with E-state index in [1.54, 1.807) is 24.1 Å². The van der Waals surface area contributed by atoms with Gasteiger partial charge in [0.05, 0.1) is 4.90 Å². The number of aromatic nitrogens is 1. The van der Waals surface area contributed by atoms with Crippen molar-refractivity contribution in [3.8, 4) is 5.75 Å². The third-order valence-electron chi connectivity index (χ3n) is 4.85. The normalized spacial score (nSPS) is 11.4. The third-order valence-corrected chi connectivity index (χ3v) is 7.19. The van der Waals surface area contributed by atoms with Crippen LogP contribution in [0.3, 0.4) is 0 Å². The van der Waals surface area contributed by atoms with Gasteiger partial charge in [-0.25, -0.2) is 8.42 Å². The maximum absolute atomic E-state index is 13.2. The largest absolute Gasteiger partial charge is 0.504 e. The van der Waals surface area contributed by atoms with Crippen LogP contribution in [0, 0.1) is 0 Å². The smallest absolute Gasteiger partial charge is 0.271 e. The van der Waals surface area contributed by atoms with E-state index >= 15 is 0 Å². The lowest BCUT2D eigenvalue weighted by atomic mass is 10.1. The standard InChI is InChI=1S/C22H23BrN2O4S/c1-3-4-10-18-19(25(2)16-8-6-5-7-9-16)20(26)21(22(27)24-18)30(28,29)17-13-11-15(23)12-14-17/h5-9,11-14H,3-4,10H2,1-2H3,(H2,24,26,27). The van der Waals surface area contributed by atoms with Crippen molar-refractivity contribution in [3.63, 3.8) is 0 Å². The van der Waals surface area contributed by atoms with E-state index in [2.05, 4.69) is 20.9 Å². The van der Waals surface area contributed by atoms with Gasteiger partial charge in [0.1, 0.15) is 5.69 Å². The zero-order chi connectivity index (χ0) is 21.9. The highest BCUT2D eigenvalue weighted by molar-refractivity contribution is 9.10. The molecule has 0 spiro atoms. The van der Waals surface area contributed by atoms with Crippen LogP contribution in [0.1, 0.15) is 25.5 Å². The minimum atomic E-state index is -4.23. The van der Waals surface area contributed by atoms with Crippen LogP contribution in [-0.4, -0.2) is 25.6 Å². The lowest BCUT2D eigenvalue weighted by molar-refractivity contribution is 0.455. The Morgan fingerprint density at radius 3 is 2.30 bits per heavy atom. The van der Waals surface area contributed by atoms with Gasteiger partial charge >= 0.3 is 0 Å². The molecular formula is C22H23BrN2O4S. The number of aryl methyl sites for hydroxylation is 1. The Balaban J connectivity index is 2.25. The number of halogens is 1. The van der Waals surface area contributed by atoms with E-state index in [4.69, 9.17) is 0 Å². The second-order valence-corrected chi connectivity index (χ2v) is 9.72. The highest BCUT2D eigenvalue weighted by Crippen LogP contribution is 2.39. The predicted molar refractivity (Wildman–Crippen MR) is 121 cm³/mol. The van der Waals surface area contributed by atoms with E-state index in [1.165, 1.54) is 12.1 Å². The molecule has 2 N–H and O–H groups in total. The molecule has 0 unspecified atom stereocenters. The van der Waals surface area contributed by atoms with Crippen molar-refractivity contribution in [2.75, 3.05) is 11.9 Å². The number of sulfone groups is 1. The molecule has 1 aromatic heterocycles. The molecule has 0 saturated heterocycles. The van der Waals surface area contributed by atoms with Crippen LogP contribution in [0.2, 0.25) is 0 Å². The molecule has 0 bridgehead atoms. The topological polar surface area (TPSA) is 90.5 Å². The molecule has 0 aliphatic heterocycles. The van der Waals surface area contributed by atoms with Crippen LogP contribution < -0.4 is 10.5 Å². The molecule has 3 aromatic rings. The Bertz CT molecular complexity index is 1190. The molecule has 0 aliphatic carbocycles. The number of pyridine rings is 1. The molecule has 0 saturated carbocycles. The average molecular weight is 491 g/mol. The highest BCUT2D eigenvalue weighted by atomic mass is 79.9. The van der Waals surface area contributed by atoms with Crippen LogP contribution in [0.4, 0.5) is 11.4 Å². The van der Waals surface area contributed by atoms with Crippen LogP contribution in [0.25, 0.3) is 0 Å². The van der Waals surface area contributed by atoms with Gasteiger partial charge in [-0.2, -0.15) is 0 Å². The van der Waals surface area contributed by atoms with Gasteiger partial charge in [-0.3, -0.25) is 4.79 Å². The van der Waals surface area contributed by atoms with Gasteiger partial charge in [-0.05, 0) is 49.2 Å². The number of para-hydroxylation sites is 1. The second-order valence-electron chi connectivity index (χ2n) is 6.91. The quantitative estimate of drug-likeness (QED) is 0.496. The Labute approximate surface area is 184 Å². The van der Waals surface area contributed by atoms with E-state index in [0.717, 1.165) is 18.5 Å². The minimum absolute atomic E-state index is 0.0684. The van der Waals surface area contributed by atoms with Crippen molar-refractivity contribution in [1.29, 1.82) is 0 Å². The summed E-state index contributed by atoms with van der Waals surface area (Å²) in [5, 5.41) is 11.1. The lowest BCUT2D eigenvalue weighted by Crippen LogP contribution is -2.23. The monoisotopic (exact) mass is 490 g/mol. The Kier molecular flexibility index (Phi) is 6.67. The number of nitrogens with zero attached hydrogens (tertiary/aromatic N) is 1. The van der Waals surface area contributed by atoms with Crippen LogP contribution >= 0.6 is 15.9 Å². The zero-order valence-electron chi connectivity index (χ0n) is 16.7. The van der Waals surface area contributed by atoms with Crippen molar-refractivity contribution >= 4 is 37.1 Å². The SMILES string of the molecule is CCCCc1[nH]c(=O)c(S(=O)(=O)c2ccc(Br)cc2)c(O)c1N(C)c1ccccc1. The predicted octanol–water partition coefficient (Wildman–Crippen LogP) is 4.79. The van der Waals surface area contributed by atoms with Crippen molar-refractivity contribution in [1.82, 2.24) is 4.98 Å². The highest BCUT2D eigenvalue weighted by Gasteiger charge is 2.30. The molecule has 0 amide bonds. The van der Waals surface area contributed by atoms with Crippen molar-refractivity contribution < 1.29 is 13.5 Å². The summed E-state index contributed by atoms with van der Waals surface area (Å²) >= 11 is 3.27. The first-order chi connectivity index (χ1) is 14.3. The zero-order valence-corrected chi connectivity index (χ0v) is 19.1. The number of unbranched alkanes of at least 4 members (excludes halogenated alkanes) is 1. The third kappa shape index (κ3) is 4.29. The molecule has 30 heavy (non-hydrogen) atoms. The van der Waals surface area contributed by atoms with Crippen molar-refractivity contribution in [2.45, 2.75) is 36.0 Å². The molecule has 6 nitrogen and oxygen atoms in total. The van der Waals surface area contributed by atoms with E-state index < -0.39 is 26.0 Å². The second kappa shape index (κ2) is 9.06. The van der Waals surface area contributed by atoms with Crippen molar-refractivity contribution in [3.05, 3.63) is 75.1 Å². The fourth-order valence-corrected chi connectivity index (χ4v) is 4.91. The number of aromatic hydroxyl groups is 1. The van der Waals surface area contributed by atoms with Crippen LogP contribution in [-0.2, 0) is 16.3 Å². The summed E-state index contributed by atoms with van der Waals surface area (Å²) in [6.45, 7) is 2.02. The average Bonchev–Trinajstić information content (AvgIpc) is 2.72. The Hall–Kier alpha value is -2.58. The number of aromatic amines is 1. The van der Waals surface area contributed by atoms with Crippen molar-refractivity contribution in [2.24, 2.45) is 0 Å². The number of rotatable bonds is 7. The van der Waals surface area contributed by atoms with E-state index in [1.807, 2.05) is 37.3 Å². The van der Waals surface area contributed by atoms with Gasteiger partial charge < -0.3 is 15.0 Å². The molecule has 0 radical (unpaired) electrons. The number of benzene rings is 2. The molecule has 3 rings (SSSR count). The minimum Gasteiger partial charge on any atom is -0.504 e. The molecular weight excluding hydrogens is 468 g/mol. The number of H-pyrrole nitrogens is 1. The van der Waals surface area contributed by atoms with E-state index in [9.17, 15) is 18.3 Å². The molecule has 0 atom stereocenters. The lowest BCUT2D eigenvalue weighted by Gasteiger charge is -2.24.